The molecule has 0 fully saturated rings. The molecule has 82 valence electrons. The van der Waals surface area contributed by atoms with Gasteiger partial charge >= 0.3 is 5.97 Å². The van der Waals surface area contributed by atoms with Crippen molar-refractivity contribution in [1.82, 2.24) is 9.55 Å². The van der Waals surface area contributed by atoms with Crippen LogP contribution in [0.15, 0.2) is 36.7 Å². The van der Waals surface area contributed by atoms with E-state index in [-0.39, 0.29) is 11.5 Å². The molecule has 1 heterocycles. The van der Waals surface area contributed by atoms with Crippen LogP contribution in [-0.2, 0) is 4.74 Å². The van der Waals surface area contributed by atoms with E-state index in [0.717, 1.165) is 5.69 Å². The summed E-state index contributed by atoms with van der Waals surface area (Å²) in [4.78, 5) is 15.4. The number of imidazole rings is 1. The summed E-state index contributed by atoms with van der Waals surface area (Å²) in [6.45, 7) is 0. The molecule has 0 saturated carbocycles. The number of anilines is 1. The first-order valence-electron chi connectivity index (χ1n) is 4.70. The highest BCUT2D eigenvalue weighted by atomic mass is 16.5. The van der Waals surface area contributed by atoms with Gasteiger partial charge in [0.25, 0.3) is 0 Å². The average molecular weight is 217 g/mol. The van der Waals surface area contributed by atoms with Crippen LogP contribution < -0.4 is 5.73 Å². The Morgan fingerprint density at radius 3 is 2.69 bits per heavy atom. The van der Waals surface area contributed by atoms with Crippen molar-refractivity contribution >= 4 is 11.8 Å². The Bertz CT molecular complexity index is 505. The molecule has 0 radical (unpaired) electrons. The van der Waals surface area contributed by atoms with Crippen LogP contribution in [0.25, 0.3) is 5.69 Å². The largest absolute Gasteiger partial charge is 0.464 e. The number of methoxy groups -OCH3 is 1. The Kier molecular flexibility index (Phi) is 2.59. The minimum absolute atomic E-state index is 0.163. The number of carbonyl (C=O) groups is 1. The summed E-state index contributed by atoms with van der Waals surface area (Å²) >= 11 is 0. The van der Waals surface area contributed by atoms with Crippen LogP contribution in [0.5, 0.6) is 0 Å². The van der Waals surface area contributed by atoms with Gasteiger partial charge in [0.2, 0.25) is 0 Å². The molecule has 0 aliphatic carbocycles. The lowest BCUT2D eigenvalue weighted by Gasteiger charge is -2.06. The van der Waals surface area contributed by atoms with Gasteiger partial charge in [0.05, 0.1) is 7.11 Å². The third-order valence-electron chi connectivity index (χ3n) is 2.21. The molecule has 1 aromatic heterocycles. The molecular weight excluding hydrogens is 206 g/mol. The third kappa shape index (κ3) is 1.63. The summed E-state index contributed by atoms with van der Waals surface area (Å²) in [5.74, 6) is -0.338. The number of aromatic nitrogens is 2. The van der Waals surface area contributed by atoms with Gasteiger partial charge in [-0.2, -0.15) is 0 Å². The third-order valence-corrected chi connectivity index (χ3v) is 2.21. The van der Waals surface area contributed by atoms with Crippen LogP contribution in [0.4, 0.5) is 5.82 Å². The minimum atomic E-state index is -0.501. The molecule has 2 N–H and O–H groups in total. The smallest absolute Gasteiger partial charge is 0.358 e. The van der Waals surface area contributed by atoms with Crippen LogP contribution in [0.3, 0.4) is 0 Å². The summed E-state index contributed by atoms with van der Waals surface area (Å²) in [6.07, 6.45) is 1.50. The highest BCUT2D eigenvalue weighted by Crippen LogP contribution is 2.16. The molecule has 2 rings (SSSR count). The van der Waals surface area contributed by atoms with Crippen molar-refractivity contribution in [3.8, 4) is 5.69 Å². The van der Waals surface area contributed by atoms with Crippen molar-refractivity contribution in [2.45, 2.75) is 0 Å². The van der Waals surface area contributed by atoms with Gasteiger partial charge in [-0.1, -0.05) is 18.2 Å². The summed E-state index contributed by atoms with van der Waals surface area (Å²) in [7, 11) is 1.31. The quantitative estimate of drug-likeness (QED) is 0.768. The second-order valence-electron chi connectivity index (χ2n) is 3.18. The lowest BCUT2D eigenvalue weighted by atomic mass is 10.3. The van der Waals surface area contributed by atoms with Crippen molar-refractivity contribution in [3.05, 3.63) is 42.4 Å². The summed E-state index contributed by atoms with van der Waals surface area (Å²) in [6, 6.07) is 9.34. The first-order valence-corrected chi connectivity index (χ1v) is 4.70. The van der Waals surface area contributed by atoms with Crippen LogP contribution in [-0.4, -0.2) is 22.6 Å². The highest BCUT2D eigenvalue weighted by Gasteiger charge is 2.17. The number of benzene rings is 1. The second-order valence-corrected chi connectivity index (χ2v) is 3.18. The standard InChI is InChI=1S/C11H11N3O2/c1-16-11(15)9-10(12)13-7-14(9)8-5-3-2-4-6-8/h2-7H,12H2,1H3. The Balaban J connectivity index is 2.55. The van der Waals surface area contributed by atoms with Crippen molar-refractivity contribution in [1.29, 1.82) is 0 Å². The van der Waals surface area contributed by atoms with E-state index in [4.69, 9.17) is 5.73 Å². The van der Waals surface area contributed by atoms with E-state index >= 15 is 0 Å². The fourth-order valence-electron chi connectivity index (χ4n) is 1.45. The van der Waals surface area contributed by atoms with Crippen LogP contribution in [0.1, 0.15) is 10.5 Å². The van der Waals surface area contributed by atoms with Gasteiger partial charge in [-0.15, -0.1) is 0 Å². The first kappa shape index (κ1) is 10.2. The average Bonchev–Trinajstić information content (AvgIpc) is 2.71. The molecule has 5 nitrogen and oxygen atoms in total. The normalized spacial score (nSPS) is 10.1. The maximum Gasteiger partial charge on any atom is 0.358 e. The minimum Gasteiger partial charge on any atom is -0.464 e. The first-order chi connectivity index (χ1) is 7.74. The molecule has 1 aromatic carbocycles. The number of para-hydroxylation sites is 1. The summed E-state index contributed by atoms with van der Waals surface area (Å²) in [5, 5.41) is 0. The maximum absolute atomic E-state index is 11.5. The summed E-state index contributed by atoms with van der Waals surface area (Å²) in [5.41, 5.74) is 6.68. The number of nitrogen functional groups attached to an aromatic ring is 1. The number of nitrogens with zero attached hydrogens (tertiary/aromatic N) is 2. The Hall–Kier alpha value is -2.30. The summed E-state index contributed by atoms with van der Waals surface area (Å²) < 4.78 is 6.26. The highest BCUT2D eigenvalue weighted by molar-refractivity contribution is 5.93. The van der Waals surface area contributed by atoms with E-state index in [2.05, 4.69) is 9.72 Å². The molecule has 0 bridgehead atoms. The van der Waals surface area contributed by atoms with Gasteiger partial charge in [0, 0.05) is 5.69 Å². The fourth-order valence-corrected chi connectivity index (χ4v) is 1.45. The number of hydrogen-bond donors (Lipinski definition) is 1. The van der Waals surface area contributed by atoms with Crippen molar-refractivity contribution < 1.29 is 9.53 Å². The Labute approximate surface area is 92.5 Å². The van der Waals surface area contributed by atoms with Gasteiger partial charge < -0.3 is 10.5 Å². The predicted octanol–water partition coefficient (Wildman–Crippen LogP) is 1.24. The number of hydrogen-bond acceptors (Lipinski definition) is 4. The Morgan fingerprint density at radius 1 is 1.38 bits per heavy atom. The lowest BCUT2D eigenvalue weighted by molar-refractivity contribution is 0.0593. The number of esters is 1. The van der Waals surface area contributed by atoms with Gasteiger partial charge in [0.1, 0.15) is 6.33 Å². The predicted molar refractivity (Wildman–Crippen MR) is 59.3 cm³/mol. The second kappa shape index (κ2) is 4.06. The molecule has 5 heteroatoms. The van der Waals surface area contributed by atoms with E-state index < -0.39 is 5.97 Å². The zero-order chi connectivity index (χ0) is 11.5. The van der Waals surface area contributed by atoms with Crippen LogP contribution >= 0.6 is 0 Å². The number of carbonyl (C=O) groups excluding carboxylic acids is 1. The van der Waals surface area contributed by atoms with Gasteiger partial charge in [-0.3, -0.25) is 4.57 Å². The number of nitrogens with two attached hydrogens (primary N) is 1. The van der Waals surface area contributed by atoms with E-state index in [0.29, 0.717) is 0 Å². The van der Waals surface area contributed by atoms with Crippen LogP contribution in [0, 0.1) is 0 Å². The van der Waals surface area contributed by atoms with Crippen LogP contribution in [0.2, 0.25) is 0 Å². The van der Waals surface area contributed by atoms with E-state index in [1.165, 1.54) is 13.4 Å². The van der Waals surface area contributed by atoms with E-state index in [9.17, 15) is 4.79 Å². The van der Waals surface area contributed by atoms with Crippen molar-refractivity contribution in [3.63, 3.8) is 0 Å². The zero-order valence-electron chi connectivity index (χ0n) is 8.75. The fraction of sp³-hybridized carbons (Fsp3) is 0.0909. The molecule has 0 aliphatic rings. The number of ether oxygens (including phenoxy) is 1. The lowest BCUT2D eigenvalue weighted by Crippen LogP contribution is -2.10. The molecule has 2 aromatic rings. The zero-order valence-corrected chi connectivity index (χ0v) is 8.75. The van der Waals surface area contributed by atoms with Gasteiger partial charge in [0.15, 0.2) is 11.5 Å². The van der Waals surface area contributed by atoms with E-state index in [1.54, 1.807) is 4.57 Å². The molecule has 0 atom stereocenters. The topological polar surface area (TPSA) is 70.1 Å². The molecule has 16 heavy (non-hydrogen) atoms. The molecule has 0 amide bonds. The van der Waals surface area contributed by atoms with Gasteiger partial charge in [-0.05, 0) is 12.1 Å². The number of rotatable bonds is 2. The molecule has 0 spiro atoms. The maximum atomic E-state index is 11.5. The molecule has 0 saturated heterocycles. The Morgan fingerprint density at radius 2 is 2.06 bits per heavy atom. The SMILES string of the molecule is COC(=O)c1c(N)ncn1-c1ccccc1. The van der Waals surface area contributed by atoms with E-state index in [1.807, 2.05) is 30.3 Å². The van der Waals surface area contributed by atoms with Crippen molar-refractivity contribution in [2.75, 3.05) is 12.8 Å². The monoisotopic (exact) mass is 217 g/mol. The molecular formula is C11H11N3O2. The molecule has 0 unspecified atom stereocenters. The van der Waals surface area contributed by atoms with Gasteiger partial charge in [-0.25, -0.2) is 9.78 Å². The van der Waals surface area contributed by atoms with Crippen molar-refractivity contribution in [2.24, 2.45) is 0 Å². The molecule has 0 aliphatic heterocycles.